The van der Waals surface area contributed by atoms with Gasteiger partial charge in [-0.2, -0.15) is 0 Å². The number of hydrogen-bond acceptors (Lipinski definition) is 3. The summed E-state index contributed by atoms with van der Waals surface area (Å²) in [5.41, 5.74) is 1.17. The van der Waals surface area contributed by atoms with Gasteiger partial charge >= 0.3 is 5.97 Å². The summed E-state index contributed by atoms with van der Waals surface area (Å²) >= 11 is 0. The first kappa shape index (κ1) is 19.2. The summed E-state index contributed by atoms with van der Waals surface area (Å²) in [6.07, 6.45) is 13.6. The molecule has 0 aromatic heterocycles. The fourth-order valence-corrected chi connectivity index (χ4v) is 4.17. The van der Waals surface area contributed by atoms with Gasteiger partial charge in [0.25, 0.3) is 0 Å². The molecule has 4 heteroatoms. The molecule has 2 saturated carbocycles. The molecule has 0 aromatic carbocycles. The molecule has 0 saturated heterocycles. The van der Waals surface area contributed by atoms with Crippen molar-refractivity contribution >= 4 is 11.8 Å². The number of ketones is 1. The number of hydrogen-bond donors (Lipinski definition) is 2. The minimum atomic E-state index is -0.727. The topological polar surface area (TPSA) is 74.6 Å². The van der Waals surface area contributed by atoms with Crippen molar-refractivity contribution in [2.75, 3.05) is 0 Å². The molecule has 0 spiro atoms. The number of unbranched alkanes of at least 4 members (excludes halogenated alkanes) is 3. The van der Waals surface area contributed by atoms with E-state index in [0.717, 1.165) is 64.2 Å². The second-order valence-corrected chi connectivity index (χ2v) is 7.48. The molecule has 2 aliphatic rings. The van der Waals surface area contributed by atoms with Crippen molar-refractivity contribution in [2.45, 2.75) is 89.6 Å². The van der Waals surface area contributed by atoms with E-state index in [1.807, 2.05) is 0 Å². The number of Topliss-reactive ketones (excluding diaryl/α,β-unsaturated/α-hetero) is 1. The molecule has 2 rings (SSSR count). The average Bonchev–Trinajstić information content (AvgIpc) is 2.75. The first-order valence-corrected chi connectivity index (χ1v) is 9.71. The molecule has 0 radical (unpaired) electrons. The van der Waals surface area contributed by atoms with Crippen LogP contribution >= 0.6 is 0 Å². The van der Waals surface area contributed by atoms with Crippen molar-refractivity contribution < 1.29 is 19.8 Å². The van der Waals surface area contributed by atoms with E-state index >= 15 is 0 Å². The predicted octanol–water partition coefficient (Wildman–Crippen LogP) is 4.26. The third kappa shape index (κ3) is 6.04. The van der Waals surface area contributed by atoms with E-state index in [9.17, 15) is 14.7 Å². The number of aliphatic hydroxyl groups excluding tert-OH is 1. The van der Waals surface area contributed by atoms with Crippen LogP contribution in [0.25, 0.3) is 0 Å². The van der Waals surface area contributed by atoms with Crippen molar-refractivity contribution in [2.24, 2.45) is 11.8 Å². The largest absolute Gasteiger partial charge is 0.481 e. The lowest BCUT2D eigenvalue weighted by atomic mass is 9.87. The molecule has 0 amide bonds. The molecule has 4 nitrogen and oxygen atoms in total. The summed E-state index contributed by atoms with van der Waals surface area (Å²) in [4.78, 5) is 22.7. The van der Waals surface area contributed by atoms with E-state index in [2.05, 4.69) is 6.08 Å². The number of rotatable bonds is 8. The molecule has 0 aromatic rings. The van der Waals surface area contributed by atoms with Crippen LogP contribution in [0, 0.1) is 11.8 Å². The molecule has 2 aliphatic carbocycles. The van der Waals surface area contributed by atoms with E-state index in [1.54, 1.807) is 0 Å². The molecule has 3 atom stereocenters. The second kappa shape index (κ2) is 9.97. The van der Waals surface area contributed by atoms with Gasteiger partial charge in [0.05, 0.1) is 6.10 Å². The molecule has 136 valence electrons. The van der Waals surface area contributed by atoms with Gasteiger partial charge in [0, 0.05) is 18.8 Å². The Bertz CT molecular complexity index is 455. The zero-order valence-electron chi connectivity index (χ0n) is 14.7. The highest BCUT2D eigenvalue weighted by molar-refractivity contribution is 5.83. The first-order chi connectivity index (χ1) is 11.6. The number of carboxylic acids is 1. The van der Waals surface area contributed by atoms with Gasteiger partial charge in [-0.1, -0.05) is 38.2 Å². The van der Waals surface area contributed by atoms with Crippen LogP contribution in [0.1, 0.15) is 83.5 Å². The lowest BCUT2D eigenvalue weighted by molar-refractivity contribution is -0.137. The Morgan fingerprint density at radius 1 is 1.04 bits per heavy atom. The Morgan fingerprint density at radius 3 is 2.62 bits per heavy atom. The predicted molar refractivity (Wildman–Crippen MR) is 93.7 cm³/mol. The van der Waals surface area contributed by atoms with E-state index in [4.69, 9.17) is 5.11 Å². The van der Waals surface area contributed by atoms with Crippen LogP contribution in [-0.2, 0) is 9.59 Å². The van der Waals surface area contributed by atoms with Gasteiger partial charge < -0.3 is 10.2 Å². The van der Waals surface area contributed by atoms with Gasteiger partial charge in [-0.25, -0.2) is 0 Å². The number of aliphatic hydroxyl groups is 1. The van der Waals surface area contributed by atoms with Crippen molar-refractivity contribution in [3.05, 3.63) is 11.6 Å². The monoisotopic (exact) mass is 336 g/mol. The van der Waals surface area contributed by atoms with Gasteiger partial charge in [-0.05, 0) is 50.0 Å². The molecule has 2 fully saturated rings. The molecule has 3 unspecified atom stereocenters. The quantitative estimate of drug-likeness (QED) is 0.394. The SMILES string of the molecule is O=C(O)CCCCCCC1C(=O)CCC1C=C1CCCCCC1O. The molecule has 24 heavy (non-hydrogen) atoms. The number of allylic oxidation sites excluding steroid dienone is 1. The molecular formula is C20H32O4. The number of aliphatic carboxylic acids is 1. The van der Waals surface area contributed by atoms with Gasteiger partial charge in [0.2, 0.25) is 0 Å². The number of carbonyl (C=O) groups excluding carboxylic acids is 1. The van der Waals surface area contributed by atoms with Crippen molar-refractivity contribution in [1.29, 1.82) is 0 Å². The van der Waals surface area contributed by atoms with E-state index in [1.165, 1.54) is 12.0 Å². The van der Waals surface area contributed by atoms with Crippen LogP contribution in [0.5, 0.6) is 0 Å². The number of carboxylic acid groups (broad SMARTS) is 1. The molecular weight excluding hydrogens is 304 g/mol. The standard InChI is InChI=1S/C20H32O4/c21-18-10-6-3-4-8-16(18)14-15-12-13-19(22)17(15)9-5-1-2-7-11-20(23)24/h14-15,17-18,21H,1-13H2,(H,23,24). The van der Waals surface area contributed by atoms with Gasteiger partial charge in [0.1, 0.15) is 5.78 Å². The highest BCUT2D eigenvalue weighted by atomic mass is 16.4. The summed E-state index contributed by atoms with van der Waals surface area (Å²) in [5, 5.41) is 18.9. The van der Waals surface area contributed by atoms with Gasteiger partial charge in [-0.3, -0.25) is 9.59 Å². The van der Waals surface area contributed by atoms with Crippen molar-refractivity contribution in [1.82, 2.24) is 0 Å². The lowest BCUT2D eigenvalue weighted by Crippen LogP contribution is -2.16. The molecule has 0 bridgehead atoms. The van der Waals surface area contributed by atoms with Gasteiger partial charge in [-0.15, -0.1) is 0 Å². The average molecular weight is 336 g/mol. The highest BCUT2D eigenvalue weighted by Gasteiger charge is 2.33. The summed E-state index contributed by atoms with van der Waals surface area (Å²) in [6, 6.07) is 0. The Hall–Kier alpha value is -1.16. The maximum Gasteiger partial charge on any atom is 0.303 e. The van der Waals surface area contributed by atoms with Crippen LogP contribution in [0.3, 0.4) is 0 Å². The zero-order chi connectivity index (χ0) is 17.4. The van der Waals surface area contributed by atoms with Crippen LogP contribution < -0.4 is 0 Å². The maximum absolute atomic E-state index is 12.2. The van der Waals surface area contributed by atoms with E-state index in [0.29, 0.717) is 18.1 Å². The first-order valence-electron chi connectivity index (χ1n) is 9.71. The summed E-state index contributed by atoms with van der Waals surface area (Å²) in [6.45, 7) is 0. The highest BCUT2D eigenvalue weighted by Crippen LogP contribution is 2.36. The molecule has 2 N–H and O–H groups in total. The van der Waals surface area contributed by atoms with Crippen molar-refractivity contribution in [3.63, 3.8) is 0 Å². The number of carbonyl (C=O) groups is 2. The third-order valence-corrected chi connectivity index (χ3v) is 5.61. The normalized spacial score (nSPS) is 29.8. The Kier molecular flexibility index (Phi) is 7.97. The Labute approximate surface area is 145 Å². The van der Waals surface area contributed by atoms with Crippen LogP contribution in [0.4, 0.5) is 0 Å². The zero-order valence-corrected chi connectivity index (χ0v) is 14.7. The summed E-state index contributed by atoms with van der Waals surface area (Å²) in [5.74, 6) is 0.0758. The lowest BCUT2D eigenvalue weighted by Gasteiger charge is -2.19. The summed E-state index contributed by atoms with van der Waals surface area (Å²) in [7, 11) is 0. The van der Waals surface area contributed by atoms with Gasteiger partial charge in [0.15, 0.2) is 0 Å². The Morgan fingerprint density at radius 2 is 1.83 bits per heavy atom. The smallest absolute Gasteiger partial charge is 0.303 e. The van der Waals surface area contributed by atoms with Crippen LogP contribution in [0.15, 0.2) is 11.6 Å². The fraction of sp³-hybridized carbons (Fsp3) is 0.800. The third-order valence-electron chi connectivity index (χ3n) is 5.61. The minimum absolute atomic E-state index is 0.118. The maximum atomic E-state index is 12.2. The van der Waals surface area contributed by atoms with E-state index in [-0.39, 0.29) is 18.4 Å². The Balaban J connectivity index is 1.81. The second-order valence-electron chi connectivity index (χ2n) is 7.48. The van der Waals surface area contributed by atoms with Crippen LogP contribution in [0.2, 0.25) is 0 Å². The van der Waals surface area contributed by atoms with E-state index < -0.39 is 5.97 Å². The molecule has 0 heterocycles. The fourth-order valence-electron chi connectivity index (χ4n) is 4.17. The van der Waals surface area contributed by atoms with Crippen molar-refractivity contribution in [3.8, 4) is 0 Å². The molecule has 0 aliphatic heterocycles. The summed E-state index contributed by atoms with van der Waals surface area (Å²) < 4.78 is 0. The minimum Gasteiger partial charge on any atom is -0.481 e. The van der Waals surface area contributed by atoms with Crippen LogP contribution in [-0.4, -0.2) is 28.1 Å².